The molecule has 0 radical (unpaired) electrons. The molecule has 1 saturated heterocycles. The minimum atomic E-state index is -3.90. The predicted molar refractivity (Wildman–Crippen MR) is 89.8 cm³/mol. The zero-order chi connectivity index (χ0) is 17.7. The number of hydrogen-bond acceptors (Lipinski definition) is 5. The van der Waals surface area contributed by atoms with Crippen molar-refractivity contribution in [3.05, 3.63) is 23.2 Å². The van der Waals surface area contributed by atoms with Crippen LogP contribution >= 0.6 is 11.6 Å². The third-order valence-corrected chi connectivity index (χ3v) is 5.79. The highest BCUT2D eigenvalue weighted by molar-refractivity contribution is 7.89. The number of hydrogen-bond donors (Lipinski definition) is 1. The van der Waals surface area contributed by atoms with Crippen molar-refractivity contribution in [1.82, 2.24) is 9.62 Å². The highest BCUT2D eigenvalue weighted by Gasteiger charge is 2.27. The fraction of sp³-hybridized carbons (Fsp3) is 0.533. The quantitative estimate of drug-likeness (QED) is 0.774. The Hall–Kier alpha value is -1.35. The Balaban J connectivity index is 2.03. The van der Waals surface area contributed by atoms with Crippen molar-refractivity contribution in [2.75, 3.05) is 33.9 Å². The van der Waals surface area contributed by atoms with Crippen LogP contribution in [0.2, 0.25) is 5.02 Å². The van der Waals surface area contributed by atoms with Gasteiger partial charge in [0.25, 0.3) is 0 Å². The number of rotatable bonds is 7. The van der Waals surface area contributed by atoms with Gasteiger partial charge in [0, 0.05) is 25.2 Å². The predicted octanol–water partition coefficient (Wildman–Crippen LogP) is 1.26. The summed E-state index contributed by atoms with van der Waals surface area (Å²) in [6.45, 7) is 0.779. The van der Waals surface area contributed by atoms with E-state index in [0.717, 1.165) is 17.1 Å². The Kier molecular flexibility index (Phi) is 6.45. The third kappa shape index (κ3) is 4.60. The number of sulfonamides is 1. The van der Waals surface area contributed by atoms with E-state index < -0.39 is 15.9 Å². The molecule has 134 valence electrons. The molecule has 9 heteroatoms. The Labute approximate surface area is 146 Å². The van der Waals surface area contributed by atoms with Gasteiger partial charge < -0.3 is 14.8 Å². The molecule has 1 atom stereocenters. The van der Waals surface area contributed by atoms with Gasteiger partial charge in [0.2, 0.25) is 15.9 Å². The van der Waals surface area contributed by atoms with Crippen LogP contribution in [-0.2, 0) is 19.6 Å². The average Bonchev–Trinajstić information content (AvgIpc) is 3.06. The van der Waals surface area contributed by atoms with Crippen molar-refractivity contribution in [3.63, 3.8) is 0 Å². The van der Waals surface area contributed by atoms with Gasteiger partial charge in [-0.15, -0.1) is 0 Å². The summed E-state index contributed by atoms with van der Waals surface area (Å²) < 4.78 is 36.7. The van der Waals surface area contributed by atoms with E-state index in [2.05, 4.69) is 5.32 Å². The highest BCUT2D eigenvalue weighted by atomic mass is 35.5. The molecular formula is C15H21ClN2O5S. The van der Waals surface area contributed by atoms with Crippen LogP contribution in [0.4, 0.5) is 0 Å². The molecule has 0 spiro atoms. The Morgan fingerprint density at radius 1 is 1.50 bits per heavy atom. The van der Waals surface area contributed by atoms with E-state index in [1.54, 1.807) is 0 Å². The van der Waals surface area contributed by atoms with Crippen LogP contribution in [0.5, 0.6) is 5.75 Å². The summed E-state index contributed by atoms with van der Waals surface area (Å²) in [7, 11) is -1.20. The summed E-state index contributed by atoms with van der Waals surface area (Å²) >= 11 is 5.88. The fourth-order valence-corrected chi connectivity index (χ4v) is 3.94. The molecule has 7 nitrogen and oxygen atoms in total. The molecule has 0 saturated carbocycles. The minimum Gasteiger partial charge on any atom is -0.495 e. The summed E-state index contributed by atoms with van der Waals surface area (Å²) in [6, 6.07) is 4.31. The maximum absolute atomic E-state index is 12.6. The van der Waals surface area contributed by atoms with Gasteiger partial charge in [0.15, 0.2) is 0 Å². The number of benzene rings is 1. The highest BCUT2D eigenvalue weighted by Crippen LogP contribution is 2.28. The van der Waals surface area contributed by atoms with E-state index in [4.69, 9.17) is 21.1 Å². The lowest BCUT2D eigenvalue weighted by Crippen LogP contribution is -2.40. The largest absolute Gasteiger partial charge is 0.495 e. The van der Waals surface area contributed by atoms with Crippen LogP contribution in [0.15, 0.2) is 23.1 Å². The lowest BCUT2D eigenvalue weighted by atomic mass is 10.2. The molecule has 1 heterocycles. The average molecular weight is 377 g/mol. The van der Waals surface area contributed by atoms with Crippen molar-refractivity contribution in [3.8, 4) is 5.75 Å². The van der Waals surface area contributed by atoms with Crippen molar-refractivity contribution in [1.29, 1.82) is 0 Å². The van der Waals surface area contributed by atoms with Gasteiger partial charge in [0.05, 0.1) is 19.8 Å². The Morgan fingerprint density at radius 2 is 2.25 bits per heavy atom. The number of methoxy groups -OCH3 is 1. The van der Waals surface area contributed by atoms with Crippen LogP contribution in [-0.4, -0.2) is 58.6 Å². The van der Waals surface area contributed by atoms with Crippen molar-refractivity contribution < 1.29 is 22.7 Å². The summed E-state index contributed by atoms with van der Waals surface area (Å²) in [6.07, 6.45) is 1.88. The normalized spacial score (nSPS) is 17.9. The molecule has 2 rings (SSSR count). The number of carbonyl (C=O) groups excluding carboxylic acids is 1. The maximum Gasteiger partial charge on any atom is 0.247 e. The monoisotopic (exact) mass is 376 g/mol. The van der Waals surface area contributed by atoms with Gasteiger partial charge >= 0.3 is 0 Å². The van der Waals surface area contributed by atoms with Gasteiger partial charge in [-0.25, -0.2) is 8.42 Å². The van der Waals surface area contributed by atoms with Gasteiger partial charge in [0.1, 0.15) is 10.6 Å². The first-order valence-corrected chi connectivity index (χ1v) is 9.34. The van der Waals surface area contributed by atoms with Gasteiger partial charge in [-0.05, 0) is 31.0 Å². The van der Waals surface area contributed by atoms with E-state index >= 15 is 0 Å². The van der Waals surface area contributed by atoms with Gasteiger partial charge in [-0.3, -0.25) is 4.79 Å². The number of nitrogens with zero attached hydrogens (tertiary/aromatic N) is 1. The SMILES string of the molecule is COc1ccc(Cl)cc1S(=O)(=O)N(C)CC(=O)NC[C@@H]1CCCO1. The first-order chi connectivity index (χ1) is 11.3. The van der Waals surface area contributed by atoms with Crippen LogP contribution < -0.4 is 10.1 Å². The topological polar surface area (TPSA) is 84.9 Å². The zero-order valence-corrected chi connectivity index (χ0v) is 15.2. The second-order valence-electron chi connectivity index (χ2n) is 5.50. The maximum atomic E-state index is 12.6. The van der Waals surface area contributed by atoms with E-state index in [1.807, 2.05) is 0 Å². The van der Waals surface area contributed by atoms with Gasteiger partial charge in [-0.1, -0.05) is 11.6 Å². The summed E-state index contributed by atoms with van der Waals surface area (Å²) in [5, 5.41) is 2.96. The van der Waals surface area contributed by atoms with Crippen LogP contribution in [0.3, 0.4) is 0 Å². The number of amides is 1. The fourth-order valence-electron chi connectivity index (χ4n) is 2.40. The number of ether oxygens (including phenoxy) is 2. The lowest BCUT2D eigenvalue weighted by Gasteiger charge is -2.19. The summed E-state index contributed by atoms with van der Waals surface area (Å²) in [5.74, 6) is -0.219. The molecule has 0 aliphatic carbocycles. The van der Waals surface area contributed by atoms with Crippen molar-refractivity contribution in [2.45, 2.75) is 23.8 Å². The minimum absolute atomic E-state index is 0.00360. The molecule has 1 aromatic carbocycles. The molecule has 1 fully saturated rings. The molecule has 24 heavy (non-hydrogen) atoms. The molecule has 1 aliphatic heterocycles. The van der Waals surface area contributed by atoms with E-state index in [-0.39, 0.29) is 28.3 Å². The number of likely N-dealkylation sites (N-methyl/N-ethyl adjacent to an activating group) is 1. The first kappa shape index (κ1) is 19.0. The summed E-state index contributed by atoms with van der Waals surface area (Å²) in [4.78, 5) is 11.9. The van der Waals surface area contributed by atoms with Crippen LogP contribution in [0.25, 0.3) is 0 Å². The first-order valence-electron chi connectivity index (χ1n) is 7.52. The van der Waals surface area contributed by atoms with E-state index in [0.29, 0.717) is 13.2 Å². The second kappa shape index (κ2) is 8.15. The molecule has 1 aromatic rings. The molecule has 0 bridgehead atoms. The van der Waals surface area contributed by atoms with Crippen LogP contribution in [0, 0.1) is 0 Å². The molecule has 0 unspecified atom stereocenters. The number of nitrogens with one attached hydrogen (secondary N) is 1. The summed E-state index contributed by atoms with van der Waals surface area (Å²) in [5.41, 5.74) is 0. The molecule has 1 aliphatic rings. The third-order valence-electron chi connectivity index (χ3n) is 3.73. The van der Waals surface area contributed by atoms with Crippen molar-refractivity contribution in [2.24, 2.45) is 0 Å². The number of halogens is 1. The van der Waals surface area contributed by atoms with Crippen molar-refractivity contribution >= 4 is 27.5 Å². The Bertz CT molecular complexity index is 689. The standard InChI is InChI=1S/C15H21ClN2O5S/c1-18(10-15(19)17-9-12-4-3-7-23-12)24(20,21)14-8-11(16)5-6-13(14)22-2/h5-6,8,12H,3-4,7,9-10H2,1-2H3,(H,17,19)/t12-/m0/s1. The van der Waals surface area contributed by atoms with Crippen LogP contribution in [0.1, 0.15) is 12.8 Å². The van der Waals surface area contributed by atoms with E-state index in [1.165, 1.54) is 32.4 Å². The molecule has 1 amide bonds. The van der Waals surface area contributed by atoms with E-state index in [9.17, 15) is 13.2 Å². The second-order valence-corrected chi connectivity index (χ2v) is 7.95. The molecule has 1 N–H and O–H groups in total. The van der Waals surface area contributed by atoms with Gasteiger partial charge in [-0.2, -0.15) is 4.31 Å². The number of carbonyl (C=O) groups is 1. The molecular weight excluding hydrogens is 356 g/mol. The Morgan fingerprint density at radius 3 is 2.88 bits per heavy atom. The zero-order valence-electron chi connectivity index (χ0n) is 13.6. The lowest BCUT2D eigenvalue weighted by molar-refractivity contribution is -0.121. The smallest absolute Gasteiger partial charge is 0.247 e. The molecule has 0 aromatic heterocycles.